The molecule has 2 saturated heterocycles. The molecular weight excluding hydrogens is 162 g/mol. The number of carbonyl (C=O) groups excluding carboxylic acids is 1. The van der Waals surface area contributed by atoms with Gasteiger partial charge in [-0.3, -0.25) is 4.79 Å². The highest BCUT2D eigenvalue weighted by Crippen LogP contribution is 2.44. The van der Waals surface area contributed by atoms with E-state index >= 15 is 0 Å². The molecule has 2 heterocycles. The lowest BCUT2D eigenvalue weighted by Crippen LogP contribution is -2.55. The third-order valence-corrected chi connectivity index (χ3v) is 3.45. The van der Waals surface area contributed by atoms with Gasteiger partial charge >= 0.3 is 0 Å². The van der Waals surface area contributed by atoms with Crippen LogP contribution in [0.4, 0.5) is 0 Å². The third kappa shape index (κ3) is 1.87. The lowest BCUT2D eigenvalue weighted by atomic mass is 9.62. The predicted molar refractivity (Wildman–Crippen MR) is 54.4 cm³/mol. The largest absolute Gasteiger partial charge is 0.342 e. The number of hydrogen-bond donors (Lipinski definition) is 0. The first-order valence-electron chi connectivity index (χ1n) is 5.44. The zero-order chi connectivity index (χ0) is 10.0. The van der Waals surface area contributed by atoms with Crippen molar-refractivity contribution < 1.29 is 4.79 Å². The van der Waals surface area contributed by atoms with Crippen molar-refractivity contribution in [1.82, 2.24) is 4.90 Å². The molecule has 0 radical (unpaired) electrons. The fourth-order valence-corrected chi connectivity index (χ4v) is 2.39. The summed E-state index contributed by atoms with van der Waals surface area (Å²) in [6.45, 7) is 10.0. The maximum Gasteiger partial charge on any atom is 0.219 e. The van der Waals surface area contributed by atoms with Gasteiger partial charge in [0.2, 0.25) is 5.91 Å². The van der Waals surface area contributed by atoms with E-state index in [0.717, 1.165) is 30.8 Å². The minimum absolute atomic E-state index is 0.256. The highest BCUT2D eigenvalue weighted by atomic mass is 16.2. The Balaban J connectivity index is 0.000000396. The molecule has 3 fully saturated rings. The molecule has 0 spiro atoms. The van der Waals surface area contributed by atoms with E-state index in [9.17, 15) is 4.79 Å². The van der Waals surface area contributed by atoms with Crippen LogP contribution in [0.1, 0.15) is 34.1 Å². The normalized spacial score (nSPS) is 35.7. The van der Waals surface area contributed by atoms with Crippen LogP contribution in [-0.2, 0) is 4.79 Å². The Morgan fingerprint density at radius 2 is 1.69 bits per heavy atom. The van der Waals surface area contributed by atoms with Crippen molar-refractivity contribution in [3.63, 3.8) is 0 Å². The zero-order valence-corrected chi connectivity index (χ0v) is 9.21. The molecule has 76 valence electrons. The van der Waals surface area contributed by atoms with E-state index < -0.39 is 0 Å². The molecule has 0 N–H and O–H groups in total. The summed E-state index contributed by atoms with van der Waals surface area (Å²) in [4.78, 5) is 13.0. The van der Waals surface area contributed by atoms with Gasteiger partial charge in [0.05, 0.1) is 0 Å². The quantitative estimate of drug-likeness (QED) is 0.563. The second-order valence-electron chi connectivity index (χ2n) is 4.04. The summed E-state index contributed by atoms with van der Waals surface area (Å²) in [6, 6.07) is 0. The number of amides is 1. The molecule has 1 amide bonds. The van der Waals surface area contributed by atoms with Crippen molar-refractivity contribution in [2.45, 2.75) is 34.1 Å². The van der Waals surface area contributed by atoms with Crippen molar-refractivity contribution in [3.05, 3.63) is 0 Å². The SMILES string of the molecule is CC.CC(=O)N1CC2CC(C1)C2C. The molecule has 1 saturated carbocycles. The topological polar surface area (TPSA) is 20.3 Å². The van der Waals surface area contributed by atoms with Crippen molar-refractivity contribution in [3.8, 4) is 0 Å². The van der Waals surface area contributed by atoms with Crippen LogP contribution in [0.5, 0.6) is 0 Å². The van der Waals surface area contributed by atoms with Crippen molar-refractivity contribution in [2.75, 3.05) is 13.1 Å². The van der Waals surface area contributed by atoms with E-state index in [1.165, 1.54) is 6.42 Å². The summed E-state index contributed by atoms with van der Waals surface area (Å²) in [7, 11) is 0. The van der Waals surface area contributed by atoms with Gasteiger partial charge in [-0.1, -0.05) is 20.8 Å². The molecule has 2 nitrogen and oxygen atoms in total. The molecule has 2 aliphatic heterocycles. The van der Waals surface area contributed by atoms with Crippen molar-refractivity contribution in [2.24, 2.45) is 17.8 Å². The average Bonchev–Trinajstić information content (AvgIpc) is 2.20. The van der Waals surface area contributed by atoms with Crippen LogP contribution in [0.25, 0.3) is 0 Å². The Morgan fingerprint density at radius 3 is 2.00 bits per heavy atom. The summed E-state index contributed by atoms with van der Waals surface area (Å²) in [6.07, 6.45) is 1.37. The minimum atomic E-state index is 0.256. The fourth-order valence-electron chi connectivity index (χ4n) is 2.39. The van der Waals surface area contributed by atoms with Gasteiger partial charge in [0.25, 0.3) is 0 Å². The van der Waals surface area contributed by atoms with Crippen LogP contribution >= 0.6 is 0 Å². The summed E-state index contributed by atoms with van der Waals surface area (Å²) in [5, 5.41) is 0. The standard InChI is InChI=1S/C9H15NO.C2H6/c1-6-8-3-9(6)5-10(4-8)7(2)11;1-2/h6,8-9H,3-5H2,1-2H3;1-2H3. The maximum atomic E-state index is 11.0. The van der Waals surface area contributed by atoms with E-state index in [0.29, 0.717) is 0 Å². The number of hydrogen-bond acceptors (Lipinski definition) is 1. The third-order valence-electron chi connectivity index (χ3n) is 3.45. The lowest BCUT2D eigenvalue weighted by molar-refractivity contribution is -0.138. The van der Waals surface area contributed by atoms with Crippen LogP contribution in [0.15, 0.2) is 0 Å². The number of fused-ring (bicyclic) bond motifs is 2. The maximum absolute atomic E-state index is 11.0. The van der Waals surface area contributed by atoms with E-state index in [2.05, 4.69) is 6.92 Å². The first-order valence-corrected chi connectivity index (χ1v) is 5.44. The monoisotopic (exact) mass is 183 g/mol. The van der Waals surface area contributed by atoms with Crippen molar-refractivity contribution >= 4 is 5.91 Å². The highest BCUT2D eigenvalue weighted by Gasteiger charge is 2.44. The Bertz CT molecular complexity index is 179. The fraction of sp³-hybridized carbons (Fsp3) is 0.909. The molecule has 2 atom stereocenters. The first-order chi connectivity index (χ1) is 6.18. The van der Waals surface area contributed by atoms with Crippen LogP contribution in [-0.4, -0.2) is 23.9 Å². The van der Waals surface area contributed by atoms with E-state index in [-0.39, 0.29) is 5.91 Å². The molecule has 2 bridgehead atoms. The Kier molecular flexibility index (Phi) is 3.34. The Labute approximate surface area is 81.3 Å². The molecule has 2 heteroatoms. The molecule has 0 aromatic heterocycles. The smallest absolute Gasteiger partial charge is 0.219 e. The molecule has 3 aliphatic rings. The van der Waals surface area contributed by atoms with E-state index in [1.54, 1.807) is 6.92 Å². The molecule has 0 aromatic carbocycles. The predicted octanol–water partition coefficient (Wildman–Crippen LogP) is 2.15. The first kappa shape index (κ1) is 10.6. The van der Waals surface area contributed by atoms with Gasteiger partial charge in [0.1, 0.15) is 0 Å². The second-order valence-corrected chi connectivity index (χ2v) is 4.04. The Hall–Kier alpha value is -0.530. The number of piperidine rings is 2. The Morgan fingerprint density at radius 1 is 1.23 bits per heavy atom. The summed E-state index contributed by atoms with van der Waals surface area (Å²) in [5.41, 5.74) is 0. The van der Waals surface area contributed by atoms with Gasteiger partial charge in [0.15, 0.2) is 0 Å². The van der Waals surface area contributed by atoms with E-state index in [1.807, 2.05) is 18.7 Å². The van der Waals surface area contributed by atoms with Gasteiger partial charge in [-0.2, -0.15) is 0 Å². The van der Waals surface area contributed by atoms with Gasteiger partial charge in [0, 0.05) is 20.0 Å². The summed E-state index contributed by atoms with van der Waals surface area (Å²) in [5.74, 6) is 2.77. The number of carbonyl (C=O) groups is 1. The minimum Gasteiger partial charge on any atom is -0.342 e. The van der Waals surface area contributed by atoms with Gasteiger partial charge < -0.3 is 4.90 Å². The van der Waals surface area contributed by atoms with Crippen LogP contribution in [0.3, 0.4) is 0 Å². The van der Waals surface area contributed by atoms with Gasteiger partial charge in [-0.05, 0) is 24.2 Å². The number of rotatable bonds is 0. The number of nitrogens with zero attached hydrogens (tertiary/aromatic N) is 1. The average molecular weight is 183 g/mol. The molecule has 2 unspecified atom stereocenters. The van der Waals surface area contributed by atoms with Gasteiger partial charge in [-0.25, -0.2) is 0 Å². The molecule has 13 heavy (non-hydrogen) atoms. The summed E-state index contributed by atoms with van der Waals surface area (Å²) >= 11 is 0. The lowest BCUT2D eigenvalue weighted by Gasteiger charge is -2.52. The van der Waals surface area contributed by atoms with E-state index in [4.69, 9.17) is 0 Å². The molecular formula is C11H21NO. The molecule has 1 aliphatic carbocycles. The van der Waals surface area contributed by atoms with Crippen LogP contribution < -0.4 is 0 Å². The highest BCUT2D eigenvalue weighted by molar-refractivity contribution is 5.73. The summed E-state index contributed by atoms with van der Waals surface area (Å²) < 4.78 is 0. The second kappa shape index (κ2) is 4.12. The van der Waals surface area contributed by atoms with Gasteiger partial charge in [-0.15, -0.1) is 0 Å². The van der Waals surface area contributed by atoms with Crippen LogP contribution in [0, 0.1) is 17.8 Å². The molecule has 0 aromatic rings. The zero-order valence-electron chi connectivity index (χ0n) is 9.21. The molecule has 3 rings (SSSR count). The van der Waals surface area contributed by atoms with Crippen molar-refractivity contribution in [1.29, 1.82) is 0 Å². The van der Waals surface area contributed by atoms with Crippen LogP contribution in [0.2, 0.25) is 0 Å².